The topological polar surface area (TPSA) is 81.1 Å². The van der Waals surface area contributed by atoms with E-state index in [1.54, 1.807) is 12.4 Å². The smallest absolute Gasteiger partial charge is 0.323 e. The summed E-state index contributed by atoms with van der Waals surface area (Å²) >= 11 is 0. The van der Waals surface area contributed by atoms with Gasteiger partial charge in [0.1, 0.15) is 13.1 Å². The lowest BCUT2D eigenvalue weighted by molar-refractivity contribution is -0.138. The Hall–Kier alpha value is -1.72. The second-order valence-electron chi connectivity index (χ2n) is 2.72. The van der Waals surface area contributed by atoms with Crippen molar-refractivity contribution in [2.75, 3.05) is 19.8 Å². The summed E-state index contributed by atoms with van der Waals surface area (Å²) in [6, 6.07) is 0. The number of hydrogen-bond donors (Lipinski definition) is 2. The second-order valence-corrected chi connectivity index (χ2v) is 2.72. The number of carboxylic acid groups (broad SMARTS) is 2. The molecule has 0 saturated carbocycles. The van der Waals surface area contributed by atoms with Crippen LogP contribution in [0.4, 0.5) is 0 Å². The molecule has 1 heterocycles. The maximum absolute atomic E-state index is 10.3. The fraction of sp³-hybridized carbons (Fsp3) is 0.429. The van der Waals surface area contributed by atoms with Crippen molar-refractivity contribution in [3.63, 3.8) is 0 Å². The second kappa shape index (κ2) is 3.79. The summed E-state index contributed by atoms with van der Waals surface area (Å²) in [5.74, 6) is -1.86. The van der Waals surface area contributed by atoms with Crippen molar-refractivity contribution in [3.05, 3.63) is 12.4 Å². The van der Waals surface area contributed by atoms with Crippen LogP contribution in [0.3, 0.4) is 0 Å². The molecule has 0 spiro atoms. The van der Waals surface area contributed by atoms with E-state index in [0.717, 1.165) is 0 Å². The average molecular weight is 186 g/mol. The van der Waals surface area contributed by atoms with Crippen LogP contribution in [0.15, 0.2) is 12.4 Å². The van der Waals surface area contributed by atoms with Crippen LogP contribution in [-0.2, 0) is 9.59 Å². The number of hydrogen-bond acceptors (Lipinski definition) is 4. The zero-order valence-electron chi connectivity index (χ0n) is 6.88. The zero-order chi connectivity index (χ0) is 9.84. The van der Waals surface area contributed by atoms with Gasteiger partial charge < -0.3 is 20.0 Å². The average Bonchev–Trinajstić information content (AvgIpc) is 2.33. The number of carbonyl (C=O) groups is 2. The first-order chi connectivity index (χ1) is 6.08. The van der Waals surface area contributed by atoms with Gasteiger partial charge in [-0.1, -0.05) is 0 Å². The van der Waals surface area contributed by atoms with Gasteiger partial charge in [-0.05, 0) is 0 Å². The highest BCUT2D eigenvalue weighted by atomic mass is 16.4. The van der Waals surface area contributed by atoms with E-state index in [1.165, 1.54) is 9.80 Å². The Bertz CT molecular complexity index is 227. The minimum Gasteiger partial charge on any atom is -0.480 e. The highest BCUT2D eigenvalue weighted by Crippen LogP contribution is 2.04. The third-order valence-corrected chi connectivity index (χ3v) is 1.53. The molecule has 0 bridgehead atoms. The third-order valence-electron chi connectivity index (χ3n) is 1.53. The van der Waals surface area contributed by atoms with Crippen LogP contribution in [-0.4, -0.2) is 51.7 Å². The molecule has 1 aliphatic heterocycles. The lowest BCUT2D eigenvalue weighted by atomic mass is 10.6. The van der Waals surface area contributed by atoms with Crippen LogP contribution < -0.4 is 0 Å². The Morgan fingerprint density at radius 3 is 1.77 bits per heavy atom. The quantitative estimate of drug-likeness (QED) is 0.598. The molecule has 0 unspecified atom stereocenters. The molecule has 0 amide bonds. The van der Waals surface area contributed by atoms with E-state index >= 15 is 0 Å². The van der Waals surface area contributed by atoms with E-state index in [-0.39, 0.29) is 13.1 Å². The molecule has 1 aliphatic rings. The molecule has 0 saturated heterocycles. The molecule has 72 valence electrons. The van der Waals surface area contributed by atoms with Crippen LogP contribution in [0, 0.1) is 0 Å². The van der Waals surface area contributed by atoms with Gasteiger partial charge in [0.15, 0.2) is 0 Å². The summed E-state index contributed by atoms with van der Waals surface area (Å²) in [6.07, 6.45) is 3.13. The van der Waals surface area contributed by atoms with E-state index in [9.17, 15) is 9.59 Å². The largest absolute Gasteiger partial charge is 0.480 e. The predicted octanol–water partition coefficient (Wildman–Crippen LogP) is -0.798. The fourth-order valence-corrected chi connectivity index (χ4v) is 1.07. The molecule has 0 fully saturated rings. The van der Waals surface area contributed by atoms with Gasteiger partial charge in [-0.15, -0.1) is 0 Å². The normalized spacial score (nSPS) is 15.1. The van der Waals surface area contributed by atoms with Crippen molar-refractivity contribution in [2.24, 2.45) is 0 Å². The van der Waals surface area contributed by atoms with Crippen LogP contribution in [0.25, 0.3) is 0 Å². The molecule has 0 aliphatic carbocycles. The van der Waals surface area contributed by atoms with Crippen LogP contribution >= 0.6 is 0 Å². The number of nitrogens with zero attached hydrogens (tertiary/aromatic N) is 2. The minimum atomic E-state index is -0.929. The predicted molar refractivity (Wildman–Crippen MR) is 42.7 cm³/mol. The van der Waals surface area contributed by atoms with Crippen molar-refractivity contribution in [3.8, 4) is 0 Å². The zero-order valence-corrected chi connectivity index (χ0v) is 6.88. The Kier molecular flexibility index (Phi) is 2.73. The summed E-state index contributed by atoms with van der Waals surface area (Å²) in [5, 5.41) is 16.9. The summed E-state index contributed by atoms with van der Waals surface area (Å²) in [5.41, 5.74) is 0. The molecule has 0 radical (unpaired) electrons. The number of carboxylic acids is 2. The molecule has 0 aromatic rings. The van der Waals surface area contributed by atoms with Gasteiger partial charge in [0.2, 0.25) is 0 Å². The lowest BCUT2D eigenvalue weighted by Crippen LogP contribution is -2.32. The maximum atomic E-state index is 10.3. The van der Waals surface area contributed by atoms with Gasteiger partial charge in [-0.2, -0.15) is 0 Å². The van der Waals surface area contributed by atoms with E-state index < -0.39 is 11.9 Å². The van der Waals surface area contributed by atoms with Crippen molar-refractivity contribution >= 4 is 11.9 Å². The summed E-state index contributed by atoms with van der Waals surface area (Å²) in [7, 11) is 0. The minimum absolute atomic E-state index is 0.105. The van der Waals surface area contributed by atoms with Crippen LogP contribution in [0.5, 0.6) is 0 Å². The molecule has 1 rings (SSSR count). The van der Waals surface area contributed by atoms with E-state index in [1.807, 2.05) is 0 Å². The van der Waals surface area contributed by atoms with Gasteiger partial charge >= 0.3 is 11.9 Å². The van der Waals surface area contributed by atoms with Gasteiger partial charge in [0.05, 0.1) is 6.67 Å². The molecule has 2 N–H and O–H groups in total. The van der Waals surface area contributed by atoms with Crippen LogP contribution in [0.2, 0.25) is 0 Å². The molecule has 13 heavy (non-hydrogen) atoms. The maximum Gasteiger partial charge on any atom is 0.323 e. The van der Waals surface area contributed by atoms with Crippen molar-refractivity contribution in [2.45, 2.75) is 0 Å². The van der Waals surface area contributed by atoms with Gasteiger partial charge in [-0.25, -0.2) is 0 Å². The van der Waals surface area contributed by atoms with Crippen molar-refractivity contribution in [1.82, 2.24) is 9.80 Å². The number of aliphatic carboxylic acids is 2. The van der Waals surface area contributed by atoms with E-state index in [0.29, 0.717) is 6.67 Å². The van der Waals surface area contributed by atoms with E-state index in [4.69, 9.17) is 10.2 Å². The summed E-state index contributed by atoms with van der Waals surface area (Å²) in [6.45, 7) is 0.109. The van der Waals surface area contributed by atoms with Crippen LogP contribution in [0.1, 0.15) is 0 Å². The van der Waals surface area contributed by atoms with Gasteiger partial charge in [0.25, 0.3) is 0 Å². The molecular weight excluding hydrogens is 176 g/mol. The Morgan fingerprint density at radius 1 is 1.08 bits per heavy atom. The van der Waals surface area contributed by atoms with Gasteiger partial charge in [-0.3, -0.25) is 9.59 Å². The Morgan fingerprint density at radius 2 is 1.46 bits per heavy atom. The molecule has 0 aromatic heterocycles. The first-order valence-electron chi connectivity index (χ1n) is 3.68. The molecule has 0 aromatic carbocycles. The summed E-state index contributed by atoms with van der Waals surface area (Å²) < 4.78 is 0. The molecule has 6 nitrogen and oxygen atoms in total. The summed E-state index contributed by atoms with van der Waals surface area (Å²) in [4.78, 5) is 23.6. The first kappa shape index (κ1) is 9.37. The highest BCUT2D eigenvalue weighted by molar-refractivity contribution is 5.70. The van der Waals surface area contributed by atoms with E-state index in [2.05, 4.69) is 0 Å². The highest BCUT2D eigenvalue weighted by Gasteiger charge is 2.15. The SMILES string of the molecule is O=C(O)CN1C=CN(CC(=O)O)C1. The standard InChI is InChI=1S/C7H10N2O4/c10-6(11)3-8-1-2-9(5-8)4-7(12)13/h1-2H,3-5H2,(H,10,11)(H,12,13). The van der Waals surface area contributed by atoms with Gasteiger partial charge in [0, 0.05) is 12.4 Å². The first-order valence-corrected chi connectivity index (χ1v) is 3.68. The number of rotatable bonds is 4. The Labute approximate surface area is 74.7 Å². The lowest BCUT2D eigenvalue weighted by Gasteiger charge is -2.17. The van der Waals surface area contributed by atoms with Crippen molar-refractivity contribution in [1.29, 1.82) is 0 Å². The molecule has 0 atom stereocenters. The third kappa shape index (κ3) is 3.02. The van der Waals surface area contributed by atoms with Crippen molar-refractivity contribution < 1.29 is 19.8 Å². The monoisotopic (exact) mass is 186 g/mol. The molecule has 6 heteroatoms. The Balaban J connectivity index is 2.33. The fourth-order valence-electron chi connectivity index (χ4n) is 1.07. The molecular formula is C7H10N2O4.